The van der Waals surface area contributed by atoms with Crippen LogP contribution in [0.15, 0.2) is 24.3 Å². The second-order valence-corrected chi connectivity index (χ2v) is 8.91. The third-order valence-electron chi connectivity index (χ3n) is 7.03. The highest BCUT2D eigenvalue weighted by molar-refractivity contribution is 5.74. The number of carbonyl (C=O) groups is 2. The summed E-state index contributed by atoms with van der Waals surface area (Å²) < 4.78 is 5.14. The van der Waals surface area contributed by atoms with Crippen molar-refractivity contribution in [1.82, 2.24) is 14.7 Å². The van der Waals surface area contributed by atoms with Gasteiger partial charge in [0.05, 0.1) is 6.61 Å². The molecule has 0 unspecified atom stereocenters. The van der Waals surface area contributed by atoms with Crippen LogP contribution in [-0.4, -0.2) is 72.6 Å². The lowest BCUT2D eigenvalue weighted by Gasteiger charge is -2.49. The van der Waals surface area contributed by atoms with E-state index in [2.05, 4.69) is 29.2 Å². The van der Waals surface area contributed by atoms with E-state index >= 15 is 0 Å². The molecule has 1 aromatic rings. The molecule has 2 fully saturated rings. The first-order valence-electron chi connectivity index (χ1n) is 11.0. The molecule has 0 aliphatic carbocycles. The smallest absolute Gasteiger partial charge is 0.409 e. The first kappa shape index (κ1) is 20.2. The summed E-state index contributed by atoms with van der Waals surface area (Å²) in [5.41, 5.74) is 2.85. The van der Waals surface area contributed by atoms with Crippen LogP contribution in [0.5, 0.6) is 0 Å². The van der Waals surface area contributed by atoms with Gasteiger partial charge in [-0.25, -0.2) is 4.79 Å². The minimum absolute atomic E-state index is 0.0870. The summed E-state index contributed by atoms with van der Waals surface area (Å²) in [5.74, 6) is 0.701. The monoisotopic (exact) mass is 399 g/mol. The average Bonchev–Trinajstić information content (AvgIpc) is 3.19. The van der Waals surface area contributed by atoms with E-state index in [1.165, 1.54) is 11.1 Å². The zero-order valence-corrected chi connectivity index (χ0v) is 17.7. The Hall–Kier alpha value is -2.08. The lowest BCUT2D eigenvalue weighted by atomic mass is 9.68. The van der Waals surface area contributed by atoms with Crippen molar-refractivity contribution < 1.29 is 14.3 Å². The SMILES string of the molecule is CCOC(=O)N1CC[C@H](CN2CCC3(CC2)CN(C(C)=O)Cc2ccccc23)C1. The molecule has 0 N–H and O–H groups in total. The lowest BCUT2D eigenvalue weighted by Crippen LogP contribution is -2.53. The molecule has 0 aromatic heterocycles. The number of amides is 2. The maximum atomic E-state index is 12.1. The van der Waals surface area contributed by atoms with Crippen molar-refractivity contribution in [1.29, 1.82) is 0 Å². The summed E-state index contributed by atoms with van der Waals surface area (Å²) in [6.07, 6.45) is 3.06. The van der Waals surface area contributed by atoms with Crippen molar-refractivity contribution in [2.75, 3.05) is 45.9 Å². The molecular formula is C23H33N3O3. The Balaban J connectivity index is 1.38. The maximum Gasteiger partial charge on any atom is 0.409 e. The van der Waals surface area contributed by atoms with Crippen LogP contribution in [-0.2, 0) is 21.5 Å². The highest BCUT2D eigenvalue weighted by Gasteiger charge is 2.43. The zero-order valence-electron chi connectivity index (χ0n) is 17.7. The van der Waals surface area contributed by atoms with E-state index in [1.54, 1.807) is 6.92 Å². The average molecular weight is 400 g/mol. The number of fused-ring (bicyclic) bond motifs is 2. The van der Waals surface area contributed by atoms with Crippen molar-refractivity contribution in [2.45, 2.75) is 45.1 Å². The van der Waals surface area contributed by atoms with E-state index < -0.39 is 0 Å². The number of benzene rings is 1. The predicted octanol–water partition coefficient (Wildman–Crippen LogP) is 2.86. The van der Waals surface area contributed by atoms with Gasteiger partial charge in [0.15, 0.2) is 0 Å². The molecule has 4 rings (SSSR count). The summed E-state index contributed by atoms with van der Waals surface area (Å²) in [6.45, 7) is 10.3. The summed E-state index contributed by atoms with van der Waals surface area (Å²) in [6, 6.07) is 8.68. The van der Waals surface area contributed by atoms with Gasteiger partial charge < -0.3 is 19.4 Å². The third kappa shape index (κ3) is 4.13. The molecule has 2 amide bonds. The van der Waals surface area contributed by atoms with Gasteiger partial charge in [-0.2, -0.15) is 0 Å². The summed E-state index contributed by atoms with van der Waals surface area (Å²) in [4.78, 5) is 30.5. The van der Waals surface area contributed by atoms with Gasteiger partial charge >= 0.3 is 6.09 Å². The Morgan fingerprint density at radius 1 is 1.14 bits per heavy atom. The van der Waals surface area contributed by atoms with E-state index in [0.717, 1.165) is 65.1 Å². The van der Waals surface area contributed by atoms with Crippen LogP contribution in [0, 0.1) is 5.92 Å². The molecule has 3 aliphatic heterocycles. The molecule has 29 heavy (non-hydrogen) atoms. The van der Waals surface area contributed by atoms with Crippen LogP contribution in [0.1, 0.15) is 44.2 Å². The fourth-order valence-electron chi connectivity index (χ4n) is 5.43. The van der Waals surface area contributed by atoms with E-state index in [4.69, 9.17) is 4.74 Å². The molecular weight excluding hydrogens is 366 g/mol. The fourth-order valence-corrected chi connectivity index (χ4v) is 5.43. The number of carbonyl (C=O) groups excluding carboxylic acids is 2. The Morgan fingerprint density at radius 2 is 1.90 bits per heavy atom. The van der Waals surface area contributed by atoms with Gasteiger partial charge in [0.1, 0.15) is 0 Å². The number of ether oxygens (including phenoxy) is 1. The maximum absolute atomic E-state index is 12.1. The quantitative estimate of drug-likeness (QED) is 0.784. The molecule has 3 aliphatic rings. The second-order valence-electron chi connectivity index (χ2n) is 8.91. The lowest BCUT2D eigenvalue weighted by molar-refractivity contribution is -0.131. The van der Waals surface area contributed by atoms with E-state index in [1.807, 2.05) is 16.7 Å². The Kier molecular flexibility index (Phi) is 5.81. The van der Waals surface area contributed by atoms with Crippen LogP contribution in [0.4, 0.5) is 4.79 Å². The number of piperidine rings is 1. The van der Waals surface area contributed by atoms with Gasteiger partial charge in [0.25, 0.3) is 0 Å². The fraction of sp³-hybridized carbons (Fsp3) is 0.652. The van der Waals surface area contributed by atoms with Gasteiger partial charge in [-0.1, -0.05) is 24.3 Å². The minimum Gasteiger partial charge on any atom is -0.450 e. The van der Waals surface area contributed by atoms with Crippen molar-refractivity contribution >= 4 is 12.0 Å². The Morgan fingerprint density at radius 3 is 2.62 bits per heavy atom. The standard InChI is InChI=1S/C23H33N3O3/c1-3-29-22(28)25-11-8-19(15-25)14-24-12-9-23(10-13-24)17-26(18(2)27)16-20-6-4-5-7-21(20)23/h4-7,19H,3,8-17H2,1-2H3/t19-/m1/s1. The van der Waals surface area contributed by atoms with Crippen molar-refractivity contribution in [3.05, 3.63) is 35.4 Å². The van der Waals surface area contributed by atoms with Gasteiger partial charge in [0.2, 0.25) is 5.91 Å². The predicted molar refractivity (Wildman–Crippen MR) is 112 cm³/mol. The van der Waals surface area contributed by atoms with Crippen molar-refractivity contribution in [3.63, 3.8) is 0 Å². The normalized spacial score (nSPS) is 23.9. The number of nitrogens with zero attached hydrogens (tertiary/aromatic N) is 3. The first-order valence-corrected chi connectivity index (χ1v) is 11.0. The van der Waals surface area contributed by atoms with Crippen molar-refractivity contribution in [2.24, 2.45) is 5.92 Å². The molecule has 1 atom stereocenters. The Bertz CT molecular complexity index is 757. The van der Waals surface area contributed by atoms with Crippen LogP contribution in [0.3, 0.4) is 0 Å². The molecule has 158 valence electrons. The first-order chi connectivity index (χ1) is 14.0. The number of hydrogen-bond donors (Lipinski definition) is 0. The van der Waals surface area contributed by atoms with E-state index in [-0.39, 0.29) is 17.4 Å². The van der Waals surface area contributed by atoms with Crippen LogP contribution in [0.2, 0.25) is 0 Å². The van der Waals surface area contributed by atoms with Gasteiger partial charge in [-0.15, -0.1) is 0 Å². The third-order valence-corrected chi connectivity index (χ3v) is 7.03. The van der Waals surface area contributed by atoms with Crippen LogP contribution < -0.4 is 0 Å². The van der Waals surface area contributed by atoms with Gasteiger partial charge in [-0.3, -0.25) is 4.79 Å². The number of rotatable bonds is 3. The molecule has 2 saturated heterocycles. The summed E-state index contributed by atoms with van der Waals surface area (Å²) in [5, 5.41) is 0. The number of likely N-dealkylation sites (tertiary alicyclic amines) is 2. The van der Waals surface area contributed by atoms with Crippen LogP contribution in [0.25, 0.3) is 0 Å². The topological polar surface area (TPSA) is 53.1 Å². The summed E-state index contributed by atoms with van der Waals surface area (Å²) >= 11 is 0. The number of hydrogen-bond acceptors (Lipinski definition) is 4. The zero-order chi connectivity index (χ0) is 20.4. The highest BCUT2D eigenvalue weighted by Crippen LogP contribution is 2.42. The molecule has 0 bridgehead atoms. The van der Waals surface area contributed by atoms with Gasteiger partial charge in [0, 0.05) is 45.1 Å². The second kappa shape index (κ2) is 8.34. The largest absolute Gasteiger partial charge is 0.450 e. The minimum atomic E-state index is -0.171. The van der Waals surface area contributed by atoms with E-state index in [9.17, 15) is 9.59 Å². The Labute approximate surface area is 173 Å². The molecule has 6 nitrogen and oxygen atoms in total. The molecule has 0 radical (unpaired) electrons. The molecule has 0 saturated carbocycles. The molecule has 6 heteroatoms. The van der Waals surface area contributed by atoms with Crippen molar-refractivity contribution in [3.8, 4) is 0 Å². The van der Waals surface area contributed by atoms with Gasteiger partial charge in [-0.05, 0) is 56.3 Å². The molecule has 3 heterocycles. The highest BCUT2D eigenvalue weighted by atomic mass is 16.6. The summed E-state index contributed by atoms with van der Waals surface area (Å²) in [7, 11) is 0. The molecule has 1 aromatic carbocycles. The van der Waals surface area contributed by atoms with E-state index in [0.29, 0.717) is 12.5 Å². The molecule has 1 spiro atoms. The van der Waals surface area contributed by atoms with Crippen LogP contribution >= 0.6 is 0 Å².